The van der Waals surface area contributed by atoms with E-state index >= 15 is 0 Å². The number of pyridine rings is 1. The van der Waals surface area contributed by atoms with Crippen molar-refractivity contribution < 1.29 is 4.79 Å². The molecular weight excluding hydrogens is 370 g/mol. The van der Waals surface area contributed by atoms with Crippen molar-refractivity contribution in [1.82, 2.24) is 14.9 Å². The second-order valence-electron chi connectivity index (χ2n) is 9.13. The van der Waals surface area contributed by atoms with Crippen LogP contribution in [0, 0.1) is 5.92 Å². The minimum Gasteiger partial charge on any atom is -0.361 e. The first-order chi connectivity index (χ1) is 14.7. The van der Waals surface area contributed by atoms with E-state index in [0.29, 0.717) is 18.4 Å². The summed E-state index contributed by atoms with van der Waals surface area (Å²) in [5, 5.41) is 1.20. The first-order valence-corrected chi connectivity index (χ1v) is 11.5. The summed E-state index contributed by atoms with van der Waals surface area (Å²) in [6.45, 7) is 3.14. The van der Waals surface area contributed by atoms with Crippen LogP contribution < -0.4 is 0 Å². The molecule has 2 aliphatic rings. The molecule has 2 aromatic heterocycles. The lowest BCUT2D eigenvalue weighted by Crippen LogP contribution is -2.49. The molecule has 0 bridgehead atoms. The highest BCUT2D eigenvalue weighted by molar-refractivity contribution is 5.97. The molecule has 4 heteroatoms. The normalized spacial score (nSPS) is 22.6. The first-order valence-electron chi connectivity index (χ1n) is 11.5. The van der Waals surface area contributed by atoms with Crippen LogP contribution in [-0.2, 0) is 4.79 Å². The summed E-state index contributed by atoms with van der Waals surface area (Å²) in [6.07, 6.45) is 12.1. The minimum absolute atomic E-state index is 0.167. The fourth-order valence-electron chi connectivity index (χ4n) is 5.76. The summed E-state index contributed by atoms with van der Waals surface area (Å²) in [6, 6.07) is 12.8. The lowest BCUT2D eigenvalue weighted by molar-refractivity contribution is -0.137. The highest BCUT2D eigenvalue weighted by atomic mass is 16.2. The topological polar surface area (TPSA) is 49.0 Å². The van der Waals surface area contributed by atoms with Gasteiger partial charge in [0.1, 0.15) is 0 Å². The second-order valence-corrected chi connectivity index (χ2v) is 9.13. The average molecular weight is 402 g/mol. The standard InChI is InChI=1S/C26H31N3O/c1-18(16-25(30)29-15-7-9-19-8-2-3-13-24(19)29)21-17-28-23-12-6-10-20(26(21)23)22-11-4-5-14-27-22/h4-6,10-12,14,17-19,24,28H,2-3,7-9,13,15-16H2,1H3. The molecule has 0 radical (unpaired) electrons. The smallest absolute Gasteiger partial charge is 0.223 e. The number of nitrogens with zero attached hydrogens (tertiary/aromatic N) is 2. The first kappa shape index (κ1) is 19.3. The number of benzene rings is 1. The zero-order valence-corrected chi connectivity index (χ0v) is 17.8. The van der Waals surface area contributed by atoms with Gasteiger partial charge in [0, 0.05) is 47.9 Å². The fraction of sp³-hybridized carbons (Fsp3) is 0.462. The van der Waals surface area contributed by atoms with Crippen molar-refractivity contribution in [2.45, 2.75) is 63.8 Å². The Bertz CT molecular complexity index is 1020. The number of likely N-dealkylation sites (tertiary alicyclic amines) is 1. The average Bonchev–Trinajstić information content (AvgIpc) is 3.24. The van der Waals surface area contributed by atoms with Crippen molar-refractivity contribution in [1.29, 1.82) is 0 Å². The lowest BCUT2D eigenvalue weighted by atomic mass is 9.78. The molecule has 30 heavy (non-hydrogen) atoms. The SMILES string of the molecule is CC(CC(=O)N1CCCC2CCCCC21)c1c[nH]c2cccc(-c3ccccn3)c12. The molecule has 1 aliphatic heterocycles. The van der Waals surface area contributed by atoms with Crippen LogP contribution in [-0.4, -0.2) is 33.4 Å². The number of rotatable bonds is 4. The van der Waals surface area contributed by atoms with E-state index < -0.39 is 0 Å². The highest BCUT2D eigenvalue weighted by Crippen LogP contribution is 2.38. The molecule has 5 rings (SSSR count). The number of aromatic nitrogens is 2. The van der Waals surface area contributed by atoms with E-state index in [4.69, 9.17) is 0 Å². The van der Waals surface area contributed by atoms with Crippen LogP contribution in [0.1, 0.15) is 63.4 Å². The third kappa shape index (κ3) is 3.53. The highest BCUT2D eigenvalue weighted by Gasteiger charge is 2.36. The van der Waals surface area contributed by atoms with Crippen molar-refractivity contribution in [2.24, 2.45) is 5.92 Å². The number of fused-ring (bicyclic) bond motifs is 2. The molecule has 156 valence electrons. The van der Waals surface area contributed by atoms with E-state index in [2.05, 4.69) is 52.3 Å². The van der Waals surface area contributed by atoms with Gasteiger partial charge in [0.25, 0.3) is 0 Å². The Hall–Kier alpha value is -2.62. The molecule has 4 nitrogen and oxygen atoms in total. The zero-order valence-electron chi connectivity index (χ0n) is 17.8. The summed E-state index contributed by atoms with van der Waals surface area (Å²) >= 11 is 0. The Morgan fingerprint density at radius 1 is 1.13 bits per heavy atom. The third-order valence-electron chi connectivity index (χ3n) is 7.25. The Morgan fingerprint density at radius 2 is 2.00 bits per heavy atom. The van der Waals surface area contributed by atoms with Crippen molar-refractivity contribution in [3.05, 3.63) is 54.4 Å². The predicted octanol–water partition coefficient (Wildman–Crippen LogP) is 5.90. The molecule has 1 N–H and O–H groups in total. The van der Waals surface area contributed by atoms with E-state index in [0.717, 1.165) is 35.7 Å². The van der Waals surface area contributed by atoms with Crippen LogP contribution in [0.2, 0.25) is 0 Å². The van der Waals surface area contributed by atoms with Crippen molar-refractivity contribution in [3.63, 3.8) is 0 Å². The number of hydrogen-bond acceptors (Lipinski definition) is 2. The van der Waals surface area contributed by atoms with E-state index in [9.17, 15) is 4.79 Å². The number of carbonyl (C=O) groups is 1. The van der Waals surface area contributed by atoms with Crippen LogP contribution >= 0.6 is 0 Å². The molecule has 0 spiro atoms. The summed E-state index contributed by atoms with van der Waals surface area (Å²) in [5.41, 5.74) is 4.44. The third-order valence-corrected chi connectivity index (χ3v) is 7.25. The van der Waals surface area contributed by atoms with E-state index in [-0.39, 0.29) is 5.92 Å². The molecule has 1 saturated carbocycles. The van der Waals surface area contributed by atoms with Crippen molar-refractivity contribution >= 4 is 16.8 Å². The predicted molar refractivity (Wildman–Crippen MR) is 121 cm³/mol. The Balaban J connectivity index is 1.41. The van der Waals surface area contributed by atoms with Crippen LogP contribution in [0.25, 0.3) is 22.2 Å². The molecule has 3 unspecified atom stereocenters. The van der Waals surface area contributed by atoms with Crippen LogP contribution in [0.5, 0.6) is 0 Å². The number of nitrogens with one attached hydrogen (secondary N) is 1. The number of aromatic amines is 1. The maximum atomic E-state index is 13.4. The number of piperidine rings is 1. The summed E-state index contributed by atoms with van der Waals surface area (Å²) < 4.78 is 0. The van der Waals surface area contributed by atoms with Gasteiger partial charge in [0.2, 0.25) is 5.91 Å². The molecule has 1 amide bonds. The Kier molecular flexibility index (Phi) is 5.32. The summed E-state index contributed by atoms with van der Waals surface area (Å²) in [4.78, 5) is 23.6. The van der Waals surface area contributed by atoms with Gasteiger partial charge in [0.05, 0.1) is 5.69 Å². The molecule has 2 fully saturated rings. The van der Waals surface area contributed by atoms with Gasteiger partial charge in [-0.1, -0.05) is 38.0 Å². The Morgan fingerprint density at radius 3 is 2.87 bits per heavy atom. The fourth-order valence-corrected chi connectivity index (χ4v) is 5.76. The quantitative estimate of drug-likeness (QED) is 0.591. The second kappa shape index (κ2) is 8.25. The largest absolute Gasteiger partial charge is 0.361 e. The maximum absolute atomic E-state index is 13.4. The van der Waals surface area contributed by atoms with Crippen LogP contribution in [0.4, 0.5) is 0 Å². The Labute approximate surface area is 178 Å². The van der Waals surface area contributed by atoms with Gasteiger partial charge >= 0.3 is 0 Å². The van der Waals surface area contributed by atoms with E-state index in [1.54, 1.807) is 0 Å². The number of amides is 1. The van der Waals surface area contributed by atoms with Gasteiger partial charge in [-0.05, 0) is 61.3 Å². The lowest BCUT2D eigenvalue weighted by Gasteiger charge is -2.44. The molecule has 3 aromatic rings. The van der Waals surface area contributed by atoms with E-state index in [1.165, 1.54) is 43.1 Å². The van der Waals surface area contributed by atoms with Gasteiger partial charge in [-0.3, -0.25) is 9.78 Å². The van der Waals surface area contributed by atoms with Crippen molar-refractivity contribution in [3.8, 4) is 11.3 Å². The van der Waals surface area contributed by atoms with E-state index in [1.807, 2.05) is 18.3 Å². The maximum Gasteiger partial charge on any atom is 0.223 e. The summed E-state index contributed by atoms with van der Waals surface area (Å²) in [7, 11) is 0. The summed E-state index contributed by atoms with van der Waals surface area (Å²) in [5.74, 6) is 1.24. The zero-order chi connectivity index (χ0) is 20.5. The van der Waals surface area contributed by atoms with Crippen LogP contribution in [0.15, 0.2) is 48.8 Å². The molecule has 1 saturated heterocycles. The number of carbonyl (C=O) groups excluding carboxylic acids is 1. The van der Waals surface area contributed by atoms with Gasteiger partial charge < -0.3 is 9.88 Å². The van der Waals surface area contributed by atoms with Gasteiger partial charge in [-0.2, -0.15) is 0 Å². The van der Waals surface area contributed by atoms with Crippen LogP contribution in [0.3, 0.4) is 0 Å². The molecular formula is C26H31N3O. The number of hydrogen-bond donors (Lipinski definition) is 1. The molecule has 1 aromatic carbocycles. The molecule has 3 heterocycles. The van der Waals surface area contributed by atoms with Gasteiger partial charge in [-0.15, -0.1) is 0 Å². The number of H-pyrrole nitrogens is 1. The molecule has 1 aliphatic carbocycles. The molecule has 3 atom stereocenters. The van der Waals surface area contributed by atoms with Gasteiger partial charge in [0.15, 0.2) is 0 Å². The monoisotopic (exact) mass is 401 g/mol. The van der Waals surface area contributed by atoms with Crippen molar-refractivity contribution in [2.75, 3.05) is 6.54 Å². The van der Waals surface area contributed by atoms with Gasteiger partial charge in [-0.25, -0.2) is 0 Å². The minimum atomic E-state index is 0.167.